The maximum atomic E-state index is 12.8. The van der Waals surface area contributed by atoms with Gasteiger partial charge in [0.05, 0.1) is 17.8 Å². The molecule has 0 spiro atoms. The molecule has 0 aromatic carbocycles. The highest BCUT2D eigenvalue weighted by molar-refractivity contribution is 7.19. The van der Waals surface area contributed by atoms with E-state index >= 15 is 0 Å². The molecule has 0 bridgehead atoms. The normalized spacial score (nSPS) is 12.3. The van der Waals surface area contributed by atoms with Crippen molar-refractivity contribution in [3.63, 3.8) is 0 Å². The van der Waals surface area contributed by atoms with Gasteiger partial charge in [-0.25, -0.2) is 0 Å². The SMILES string of the molecule is FC(F)(F)c1nnc2sc(-c3ccc(Cn4cc(Cl)cn4)o3)nn12. The molecule has 0 aliphatic rings. The summed E-state index contributed by atoms with van der Waals surface area (Å²) in [5, 5.41) is 15.3. The van der Waals surface area contributed by atoms with E-state index in [1.54, 1.807) is 23.0 Å². The predicted molar refractivity (Wildman–Crippen MR) is 77.7 cm³/mol. The average Bonchev–Trinajstić information content (AvgIpc) is 3.20. The standard InChI is InChI=1S/C12H6ClF3N6OS/c13-6-3-17-21(4-6)5-7-1-2-8(23-7)9-20-22-10(12(14,15)16)18-19-11(22)24-9/h1-4H,5H2. The molecule has 12 heteroatoms. The van der Waals surface area contributed by atoms with Crippen LogP contribution in [-0.4, -0.2) is 29.6 Å². The number of hydrogen-bond acceptors (Lipinski definition) is 6. The molecule has 4 heterocycles. The molecule has 0 atom stereocenters. The quantitative estimate of drug-likeness (QED) is 0.549. The first-order valence-corrected chi connectivity index (χ1v) is 7.66. The lowest BCUT2D eigenvalue weighted by molar-refractivity contribution is -0.146. The van der Waals surface area contributed by atoms with Gasteiger partial charge in [0.2, 0.25) is 4.96 Å². The topological polar surface area (TPSA) is 74.0 Å². The van der Waals surface area contributed by atoms with E-state index < -0.39 is 12.0 Å². The first kappa shape index (κ1) is 15.1. The van der Waals surface area contributed by atoms with Gasteiger partial charge in [0, 0.05) is 6.20 Å². The third-order valence-electron chi connectivity index (χ3n) is 3.04. The van der Waals surface area contributed by atoms with Gasteiger partial charge in [-0.3, -0.25) is 4.68 Å². The van der Waals surface area contributed by atoms with E-state index in [2.05, 4.69) is 20.4 Å². The Morgan fingerprint density at radius 2 is 2.08 bits per heavy atom. The van der Waals surface area contributed by atoms with Crippen LogP contribution in [0, 0.1) is 0 Å². The van der Waals surface area contributed by atoms with Gasteiger partial charge in [-0.15, -0.1) is 15.3 Å². The molecule has 4 aromatic rings. The Labute approximate surface area is 140 Å². The van der Waals surface area contributed by atoms with Crippen molar-refractivity contribution in [2.24, 2.45) is 0 Å². The number of furan rings is 1. The van der Waals surface area contributed by atoms with E-state index in [4.69, 9.17) is 16.0 Å². The molecule has 0 radical (unpaired) electrons. The minimum Gasteiger partial charge on any atom is -0.457 e. The van der Waals surface area contributed by atoms with Crippen LogP contribution in [0.3, 0.4) is 0 Å². The van der Waals surface area contributed by atoms with Gasteiger partial charge in [0.1, 0.15) is 5.76 Å². The molecule has 0 unspecified atom stereocenters. The average molecular weight is 375 g/mol. The Bertz CT molecular complexity index is 1020. The van der Waals surface area contributed by atoms with Crippen molar-refractivity contribution >= 4 is 27.9 Å². The maximum Gasteiger partial charge on any atom is 0.453 e. The monoisotopic (exact) mass is 374 g/mol. The van der Waals surface area contributed by atoms with Gasteiger partial charge >= 0.3 is 6.18 Å². The molecule has 0 saturated carbocycles. The van der Waals surface area contributed by atoms with Crippen LogP contribution in [-0.2, 0) is 12.7 Å². The molecule has 124 valence electrons. The number of nitrogens with zero attached hydrogens (tertiary/aromatic N) is 6. The van der Waals surface area contributed by atoms with E-state index in [9.17, 15) is 13.2 Å². The van der Waals surface area contributed by atoms with Gasteiger partial charge in [-0.1, -0.05) is 22.9 Å². The van der Waals surface area contributed by atoms with Crippen molar-refractivity contribution in [1.29, 1.82) is 0 Å². The summed E-state index contributed by atoms with van der Waals surface area (Å²) in [6, 6.07) is 3.32. The minimum atomic E-state index is -4.63. The van der Waals surface area contributed by atoms with Gasteiger partial charge in [0.15, 0.2) is 10.8 Å². The van der Waals surface area contributed by atoms with Gasteiger partial charge in [-0.2, -0.15) is 22.8 Å². The zero-order valence-electron chi connectivity index (χ0n) is 11.5. The molecule has 0 amide bonds. The minimum absolute atomic E-state index is 0.0362. The van der Waals surface area contributed by atoms with Gasteiger partial charge in [-0.05, 0) is 12.1 Å². The van der Waals surface area contributed by atoms with Crippen molar-refractivity contribution in [1.82, 2.24) is 29.6 Å². The smallest absolute Gasteiger partial charge is 0.453 e. The molecule has 0 N–H and O–H groups in total. The zero-order valence-corrected chi connectivity index (χ0v) is 13.1. The summed E-state index contributed by atoms with van der Waals surface area (Å²) in [5.74, 6) is -0.267. The van der Waals surface area contributed by atoms with E-state index in [0.717, 1.165) is 11.3 Å². The number of hydrogen-bond donors (Lipinski definition) is 0. The summed E-state index contributed by atoms with van der Waals surface area (Å²) < 4.78 is 46.3. The summed E-state index contributed by atoms with van der Waals surface area (Å²) >= 11 is 6.73. The molecule has 4 aromatic heterocycles. The maximum absolute atomic E-state index is 12.8. The molecule has 0 aliphatic carbocycles. The summed E-state index contributed by atoms with van der Waals surface area (Å²) in [6.07, 6.45) is -1.51. The van der Waals surface area contributed by atoms with Crippen molar-refractivity contribution in [2.75, 3.05) is 0 Å². The van der Waals surface area contributed by atoms with Crippen LogP contribution >= 0.6 is 22.9 Å². The van der Waals surface area contributed by atoms with E-state index in [-0.39, 0.29) is 9.97 Å². The summed E-state index contributed by atoms with van der Waals surface area (Å²) in [4.78, 5) is 0.0362. The first-order chi connectivity index (χ1) is 11.4. The molecule has 24 heavy (non-hydrogen) atoms. The third-order valence-corrected chi connectivity index (χ3v) is 4.14. The van der Waals surface area contributed by atoms with Gasteiger partial charge < -0.3 is 4.42 Å². The fraction of sp³-hybridized carbons (Fsp3) is 0.167. The van der Waals surface area contributed by atoms with Crippen LogP contribution in [0.5, 0.6) is 0 Å². The van der Waals surface area contributed by atoms with Crippen LogP contribution in [0.15, 0.2) is 28.9 Å². The highest BCUT2D eigenvalue weighted by Crippen LogP contribution is 2.32. The van der Waals surface area contributed by atoms with Crippen molar-refractivity contribution < 1.29 is 17.6 Å². The van der Waals surface area contributed by atoms with Crippen molar-refractivity contribution in [2.45, 2.75) is 12.7 Å². The van der Waals surface area contributed by atoms with Crippen LogP contribution in [0.25, 0.3) is 15.7 Å². The second-order valence-electron chi connectivity index (χ2n) is 4.75. The second-order valence-corrected chi connectivity index (χ2v) is 6.14. The molecular formula is C12H6ClF3N6OS. The fourth-order valence-electron chi connectivity index (χ4n) is 2.06. The highest BCUT2D eigenvalue weighted by Gasteiger charge is 2.38. The number of rotatable bonds is 3. The highest BCUT2D eigenvalue weighted by atomic mass is 35.5. The molecule has 0 fully saturated rings. The Kier molecular flexibility index (Phi) is 3.35. The molecule has 4 rings (SSSR count). The lowest BCUT2D eigenvalue weighted by Crippen LogP contribution is -2.11. The van der Waals surface area contributed by atoms with Crippen LogP contribution in [0.2, 0.25) is 5.02 Å². The number of aromatic nitrogens is 6. The first-order valence-electron chi connectivity index (χ1n) is 6.46. The molecular weight excluding hydrogens is 369 g/mol. The zero-order chi connectivity index (χ0) is 16.9. The largest absolute Gasteiger partial charge is 0.457 e. The summed E-state index contributed by atoms with van der Waals surface area (Å²) in [7, 11) is 0. The predicted octanol–water partition coefficient (Wildman–Crippen LogP) is 3.36. The van der Waals surface area contributed by atoms with E-state index in [1.807, 2.05) is 0 Å². The van der Waals surface area contributed by atoms with Crippen molar-refractivity contribution in [3.8, 4) is 10.8 Å². The Hall–Kier alpha value is -2.40. The molecule has 0 aliphatic heterocycles. The van der Waals surface area contributed by atoms with Crippen LogP contribution < -0.4 is 0 Å². The lowest BCUT2D eigenvalue weighted by Gasteiger charge is -2.00. The number of alkyl halides is 3. The Balaban J connectivity index is 1.64. The summed E-state index contributed by atoms with van der Waals surface area (Å²) in [6.45, 7) is 0.338. The number of fused-ring (bicyclic) bond motifs is 1. The van der Waals surface area contributed by atoms with Crippen LogP contribution in [0.4, 0.5) is 13.2 Å². The number of halogens is 4. The Morgan fingerprint density at radius 3 is 2.79 bits per heavy atom. The third kappa shape index (κ3) is 2.65. The lowest BCUT2D eigenvalue weighted by atomic mass is 10.4. The van der Waals surface area contributed by atoms with E-state index in [0.29, 0.717) is 27.6 Å². The van der Waals surface area contributed by atoms with Crippen LogP contribution in [0.1, 0.15) is 11.6 Å². The molecule has 0 saturated heterocycles. The Morgan fingerprint density at radius 1 is 1.25 bits per heavy atom. The molecule has 7 nitrogen and oxygen atoms in total. The van der Waals surface area contributed by atoms with E-state index in [1.165, 1.54) is 6.20 Å². The summed E-state index contributed by atoms with van der Waals surface area (Å²) in [5.41, 5.74) is 0. The fourth-order valence-corrected chi connectivity index (χ4v) is 3.01. The van der Waals surface area contributed by atoms with Crippen molar-refractivity contribution in [3.05, 3.63) is 41.1 Å². The second kappa shape index (κ2) is 5.31. The van der Waals surface area contributed by atoms with Gasteiger partial charge in [0.25, 0.3) is 5.82 Å².